The van der Waals surface area contributed by atoms with Gasteiger partial charge in [0.1, 0.15) is 5.69 Å². The second-order valence-electron chi connectivity index (χ2n) is 5.92. The van der Waals surface area contributed by atoms with E-state index in [0.29, 0.717) is 5.69 Å². The highest BCUT2D eigenvalue weighted by Crippen LogP contribution is 2.26. The van der Waals surface area contributed by atoms with E-state index in [4.69, 9.17) is 5.73 Å². The number of hydrogen-bond donors (Lipinski definition) is 1. The number of nitrogens with zero attached hydrogens (tertiary/aromatic N) is 2. The molecule has 0 aliphatic carbocycles. The van der Waals surface area contributed by atoms with Crippen molar-refractivity contribution in [3.63, 3.8) is 0 Å². The lowest BCUT2D eigenvalue weighted by Gasteiger charge is -2.23. The first-order valence-corrected chi connectivity index (χ1v) is 6.94. The topological polar surface area (TPSA) is 52.9 Å². The number of nitrogens with two attached hydrogens (primary N) is 1. The molecule has 0 atom stereocenters. The number of rotatable bonds is 5. The van der Waals surface area contributed by atoms with Crippen LogP contribution >= 0.6 is 0 Å². The zero-order chi connectivity index (χ0) is 13.9. The van der Waals surface area contributed by atoms with Gasteiger partial charge in [0.05, 0.1) is 5.69 Å². The molecular formula is C14H27N3O. The Balaban J connectivity index is 3.38. The van der Waals surface area contributed by atoms with E-state index in [2.05, 4.69) is 39.3 Å². The van der Waals surface area contributed by atoms with Crippen molar-refractivity contribution in [3.05, 3.63) is 16.0 Å². The van der Waals surface area contributed by atoms with Crippen LogP contribution < -0.4 is 11.3 Å². The van der Waals surface area contributed by atoms with Gasteiger partial charge >= 0.3 is 0 Å². The van der Waals surface area contributed by atoms with Gasteiger partial charge in [0.25, 0.3) is 5.56 Å². The van der Waals surface area contributed by atoms with Crippen molar-refractivity contribution in [2.75, 3.05) is 5.73 Å². The zero-order valence-electron chi connectivity index (χ0n) is 12.4. The maximum absolute atomic E-state index is 12.3. The average Bonchev–Trinajstić information content (AvgIpc) is 2.49. The molecule has 1 rings (SSSR count). The first kappa shape index (κ1) is 14.9. The molecule has 0 bridgehead atoms. The number of unbranched alkanes of at least 4 members (excludes halogenated alkanes) is 1. The SMILES string of the molecule is CCCCn1c(=O)c(N)c(C(C)(C)C)n1CCC. The maximum Gasteiger partial charge on any atom is 0.290 e. The summed E-state index contributed by atoms with van der Waals surface area (Å²) in [5, 5.41) is 0. The molecule has 0 spiro atoms. The molecule has 4 nitrogen and oxygen atoms in total. The number of nitrogen functional groups attached to an aromatic ring is 1. The quantitative estimate of drug-likeness (QED) is 0.877. The van der Waals surface area contributed by atoms with E-state index >= 15 is 0 Å². The van der Waals surface area contributed by atoms with Crippen molar-refractivity contribution in [3.8, 4) is 0 Å². The summed E-state index contributed by atoms with van der Waals surface area (Å²) in [7, 11) is 0. The fraction of sp³-hybridized carbons (Fsp3) is 0.786. The van der Waals surface area contributed by atoms with Crippen LogP contribution in [0.25, 0.3) is 0 Å². The fourth-order valence-electron chi connectivity index (χ4n) is 2.38. The van der Waals surface area contributed by atoms with Gasteiger partial charge in [-0.25, -0.2) is 4.68 Å². The Morgan fingerprint density at radius 3 is 2.11 bits per heavy atom. The van der Waals surface area contributed by atoms with Crippen LogP contribution in [0.5, 0.6) is 0 Å². The van der Waals surface area contributed by atoms with Crippen molar-refractivity contribution in [1.29, 1.82) is 0 Å². The molecule has 2 N–H and O–H groups in total. The van der Waals surface area contributed by atoms with Gasteiger partial charge in [-0.3, -0.25) is 9.48 Å². The Labute approximate surface area is 110 Å². The second-order valence-corrected chi connectivity index (χ2v) is 5.92. The summed E-state index contributed by atoms with van der Waals surface area (Å²) in [4.78, 5) is 12.3. The second kappa shape index (κ2) is 5.63. The van der Waals surface area contributed by atoms with Crippen LogP contribution in [0, 0.1) is 0 Å². The van der Waals surface area contributed by atoms with Crippen molar-refractivity contribution in [1.82, 2.24) is 9.36 Å². The van der Waals surface area contributed by atoms with Gasteiger partial charge in [0.15, 0.2) is 0 Å². The van der Waals surface area contributed by atoms with Gasteiger partial charge in [-0.05, 0) is 12.8 Å². The molecule has 0 fully saturated rings. The highest BCUT2D eigenvalue weighted by molar-refractivity contribution is 5.45. The minimum absolute atomic E-state index is 0.0261. The van der Waals surface area contributed by atoms with Gasteiger partial charge in [0, 0.05) is 18.5 Å². The molecule has 0 saturated heterocycles. The summed E-state index contributed by atoms with van der Waals surface area (Å²) in [5.41, 5.74) is 7.31. The summed E-state index contributed by atoms with van der Waals surface area (Å²) in [6.45, 7) is 12.2. The van der Waals surface area contributed by atoms with Gasteiger partial charge < -0.3 is 5.73 Å². The highest BCUT2D eigenvalue weighted by atomic mass is 16.1. The molecule has 0 aliphatic heterocycles. The highest BCUT2D eigenvalue weighted by Gasteiger charge is 2.26. The third-order valence-corrected chi connectivity index (χ3v) is 3.14. The normalized spacial score (nSPS) is 12.1. The molecule has 0 radical (unpaired) electrons. The van der Waals surface area contributed by atoms with Gasteiger partial charge in [-0.15, -0.1) is 0 Å². The molecule has 1 aromatic rings. The van der Waals surface area contributed by atoms with Crippen LogP contribution in [0.3, 0.4) is 0 Å². The molecule has 18 heavy (non-hydrogen) atoms. The molecule has 0 amide bonds. The summed E-state index contributed by atoms with van der Waals surface area (Å²) < 4.78 is 3.91. The number of aromatic nitrogens is 2. The Kier molecular flexibility index (Phi) is 4.65. The largest absolute Gasteiger partial charge is 0.393 e. The molecule has 0 aromatic carbocycles. The van der Waals surface area contributed by atoms with E-state index in [1.54, 1.807) is 0 Å². The zero-order valence-corrected chi connectivity index (χ0v) is 12.4. The summed E-state index contributed by atoms with van der Waals surface area (Å²) in [6.07, 6.45) is 3.09. The van der Waals surface area contributed by atoms with Crippen LogP contribution in [0.15, 0.2) is 4.79 Å². The molecule has 1 heterocycles. The molecule has 0 unspecified atom stereocenters. The predicted molar refractivity (Wildman–Crippen MR) is 77.0 cm³/mol. The minimum Gasteiger partial charge on any atom is -0.393 e. The first-order chi connectivity index (χ1) is 8.34. The van der Waals surface area contributed by atoms with E-state index in [1.807, 2.05) is 4.68 Å². The maximum atomic E-state index is 12.3. The molecule has 104 valence electrons. The number of hydrogen-bond acceptors (Lipinski definition) is 2. The molecule has 0 aliphatic rings. The Morgan fingerprint density at radius 2 is 1.67 bits per heavy atom. The Bertz CT molecular complexity index is 449. The van der Waals surface area contributed by atoms with E-state index in [9.17, 15) is 4.79 Å². The Hall–Kier alpha value is -1.19. The van der Waals surface area contributed by atoms with Gasteiger partial charge in [0.2, 0.25) is 0 Å². The summed E-state index contributed by atoms with van der Waals surface area (Å²) in [6, 6.07) is 0. The van der Waals surface area contributed by atoms with Crippen LogP contribution in [0.1, 0.15) is 59.6 Å². The van der Waals surface area contributed by atoms with Crippen molar-refractivity contribution >= 4 is 5.69 Å². The monoisotopic (exact) mass is 253 g/mol. The lowest BCUT2D eigenvalue weighted by molar-refractivity contribution is 0.388. The lowest BCUT2D eigenvalue weighted by atomic mass is 9.91. The Morgan fingerprint density at radius 1 is 1.06 bits per heavy atom. The molecule has 4 heteroatoms. The van der Waals surface area contributed by atoms with Crippen molar-refractivity contribution in [2.24, 2.45) is 0 Å². The summed E-state index contributed by atoms with van der Waals surface area (Å²) in [5.74, 6) is 0. The molecular weight excluding hydrogens is 226 g/mol. The lowest BCUT2D eigenvalue weighted by Crippen LogP contribution is -2.26. The van der Waals surface area contributed by atoms with E-state index in [-0.39, 0.29) is 11.0 Å². The third kappa shape index (κ3) is 2.79. The van der Waals surface area contributed by atoms with E-state index in [1.165, 1.54) is 0 Å². The van der Waals surface area contributed by atoms with Crippen LogP contribution in [0.4, 0.5) is 5.69 Å². The van der Waals surface area contributed by atoms with E-state index in [0.717, 1.165) is 38.0 Å². The van der Waals surface area contributed by atoms with Crippen LogP contribution in [-0.2, 0) is 18.5 Å². The minimum atomic E-state index is -0.101. The molecule has 1 aromatic heterocycles. The number of anilines is 1. The van der Waals surface area contributed by atoms with Gasteiger partial charge in [-0.2, -0.15) is 0 Å². The smallest absolute Gasteiger partial charge is 0.290 e. The summed E-state index contributed by atoms with van der Waals surface area (Å²) >= 11 is 0. The predicted octanol–water partition coefficient (Wildman–Crippen LogP) is 2.74. The molecule has 0 saturated carbocycles. The third-order valence-electron chi connectivity index (χ3n) is 3.14. The van der Waals surface area contributed by atoms with Crippen LogP contribution in [0.2, 0.25) is 0 Å². The van der Waals surface area contributed by atoms with E-state index < -0.39 is 0 Å². The standard InChI is InChI=1S/C14H27N3O/c1-6-8-10-17-13(18)11(15)12(14(3,4)5)16(17)9-7-2/h6-10,15H2,1-5H3. The first-order valence-electron chi connectivity index (χ1n) is 6.94. The van der Waals surface area contributed by atoms with Crippen LogP contribution in [-0.4, -0.2) is 9.36 Å². The van der Waals surface area contributed by atoms with Crippen molar-refractivity contribution in [2.45, 2.75) is 72.4 Å². The fourth-order valence-corrected chi connectivity index (χ4v) is 2.38. The van der Waals surface area contributed by atoms with Gasteiger partial charge in [-0.1, -0.05) is 41.0 Å². The van der Waals surface area contributed by atoms with Crippen molar-refractivity contribution < 1.29 is 0 Å². The average molecular weight is 253 g/mol.